The number of amides is 1. The monoisotopic (exact) mass is 497 g/mol. The van der Waals surface area contributed by atoms with Crippen LogP contribution in [0.5, 0.6) is 11.5 Å². The first-order chi connectivity index (χ1) is 16.9. The Balaban J connectivity index is 2.11. The highest BCUT2D eigenvalue weighted by molar-refractivity contribution is 7.92. The topological polar surface area (TPSA) is 106 Å². The molecular weight excluding hydrogens is 466 g/mol. The van der Waals surface area contributed by atoms with E-state index in [-0.39, 0.29) is 16.2 Å². The van der Waals surface area contributed by atoms with Crippen molar-refractivity contribution in [1.29, 1.82) is 0 Å². The predicted octanol–water partition coefficient (Wildman–Crippen LogP) is 4.87. The Hall–Kier alpha value is -3.56. The first kappa shape index (κ1) is 26.1. The zero-order valence-electron chi connectivity index (χ0n) is 19.9. The van der Waals surface area contributed by atoms with Crippen LogP contribution < -0.4 is 20.1 Å². The highest BCUT2D eigenvalue weighted by Gasteiger charge is 2.26. The summed E-state index contributed by atoms with van der Waals surface area (Å²) >= 11 is 0. The Morgan fingerprint density at radius 2 is 1.63 bits per heavy atom. The van der Waals surface area contributed by atoms with Gasteiger partial charge in [0.1, 0.15) is 10.6 Å². The molecule has 0 saturated carbocycles. The van der Waals surface area contributed by atoms with Gasteiger partial charge in [-0.25, -0.2) is 8.42 Å². The molecule has 35 heavy (non-hydrogen) atoms. The first-order valence-electron chi connectivity index (χ1n) is 11.4. The number of nitrogens with one attached hydrogen (secondary N) is 3. The fourth-order valence-electron chi connectivity index (χ4n) is 3.26. The fourth-order valence-corrected chi connectivity index (χ4v) is 4.49. The van der Waals surface area contributed by atoms with Crippen LogP contribution in [0.15, 0.2) is 77.7 Å². The zero-order chi connectivity index (χ0) is 25.1. The van der Waals surface area contributed by atoms with Gasteiger partial charge in [-0.05, 0) is 42.8 Å². The van der Waals surface area contributed by atoms with E-state index >= 15 is 0 Å². The summed E-state index contributed by atoms with van der Waals surface area (Å²) < 4.78 is 40.8. The molecule has 0 radical (unpaired) electrons. The molecule has 186 valence electrons. The summed E-state index contributed by atoms with van der Waals surface area (Å²) in [7, 11) is -2.58. The Morgan fingerprint density at radius 1 is 0.943 bits per heavy atom. The summed E-state index contributed by atoms with van der Waals surface area (Å²) in [5.74, 6) is 0.173. The maximum absolute atomic E-state index is 13.6. The maximum atomic E-state index is 13.6. The SMILES string of the molecule is CCCCNc1cc(C(=O)NCCOC)cc(S(=O)(=O)Nc2ccccc2)c1Oc1ccccc1. The molecule has 0 atom stereocenters. The molecule has 0 aliphatic heterocycles. The smallest absolute Gasteiger partial charge is 0.265 e. The lowest BCUT2D eigenvalue weighted by Gasteiger charge is -2.19. The van der Waals surface area contributed by atoms with Crippen LogP contribution in [-0.4, -0.2) is 41.1 Å². The Kier molecular flexibility index (Phi) is 9.51. The fraction of sp³-hybridized carbons (Fsp3) is 0.269. The molecule has 3 N–H and O–H groups in total. The minimum absolute atomic E-state index is 0.115. The summed E-state index contributed by atoms with van der Waals surface area (Å²) in [5.41, 5.74) is 0.998. The third kappa shape index (κ3) is 7.46. The largest absolute Gasteiger partial charge is 0.454 e. The standard InChI is InChI=1S/C26H31N3O5S/c1-3-4-15-27-23-18-20(26(30)28-16-17-33-2)19-24(25(23)34-22-13-9-6-10-14-22)35(31,32)29-21-11-7-5-8-12-21/h5-14,18-19,27,29H,3-4,15-17H2,1-2H3,(H,28,30). The van der Waals surface area contributed by atoms with Crippen molar-refractivity contribution in [3.8, 4) is 11.5 Å². The molecule has 1 amide bonds. The molecule has 0 saturated heterocycles. The minimum atomic E-state index is -4.12. The van der Waals surface area contributed by atoms with E-state index in [4.69, 9.17) is 9.47 Å². The zero-order valence-corrected chi connectivity index (χ0v) is 20.7. The molecule has 0 aliphatic carbocycles. The number of unbranched alkanes of at least 4 members (excludes halogenated alkanes) is 1. The van der Waals surface area contributed by atoms with Crippen LogP contribution in [0.1, 0.15) is 30.1 Å². The number of carbonyl (C=O) groups is 1. The van der Waals surface area contributed by atoms with E-state index in [2.05, 4.69) is 22.3 Å². The van der Waals surface area contributed by atoms with E-state index in [0.717, 1.165) is 12.8 Å². The molecule has 3 aromatic carbocycles. The van der Waals surface area contributed by atoms with E-state index in [1.54, 1.807) is 60.7 Å². The van der Waals surface area contributed by atoms with E-state index < -0.39 is 15.9 Å². The lowest BCUT2D eigenvalue weighted by molar-refractivity contribution is 0.0937. The molecule has 8 nitrogen and oxygen atoms in total. The number of sulfonamides is 1. The maximum Gasteiger partial charge on any atom is 0.265 e. The number of methoxy groups -OCH3 is 1. The van der Waals surface area contributed by atoms with Gasteiger partial charge in [0.25, 0.3) is 15.9 Å². The average molecular weight is 498 g/mol. The van der Waals surface area contributed by atoms with Crippen LogP contribution in [0.4, 0.5) is 11.4 Å². The number of anilines is 2. The number of carbonyl (C=O) groups excluding carboxylic acids is 1. The summed E-state index contributed by atoms with van der Waals surface area (Å²) in [6, 6.07) is 20.4. The van der Waals surface area contributed by atoms with Gasteiger partial charge in [0.2, 0.25) is 0 Å². The van der Waals surface area contributed by atoms with E-state index in [0.29, 0.717) is 36.8 Å². The predicted molar refractivity (Wildman–Crippen MR) is 138 cm³/mol. The number of ether oxygens (including phenoxy) is 2. The van der Waals surface area contributed by atoms with Crippen LogP contribution in [0.2, 0.25) is 0 Å². The minimum Gasteiger partial charge on any atom is -0.454 e. The molecular formula is C26H31N3O5S. The van der Waals surface area contributed by atoms with E-state index in [1.807, 2.05) is 6.07 Å². The lowest BCUT2D eigenvalue weighted by Crippen LogP contribution is -2.27. The highest BCUT2D eigenvalue weighted by Crippen LogP contribution is 2.38. The number of benzene rings is 3. The highest BCUT2D eigenvalue weighted by atomic mass is 32.2. The van der Waals surface area contributed by atoms with Gasteiger partial charge in [-0.1, -0.05) is 49.7 Å². The Bertz CT molecular complexity index is 1200. The van der Waals surface area contributed by atoms with Crippen molar-refractivity contribution < 1.29 is 22.7 Å². The van der Waals surface area contributed by atoms with Crippen molar-refractivity contribution in [3.63, 3.8) is 0 Å². The normalized spacial score (nSPS) is 11.0. The van der Waals surface area contributed by atoms with Crippen LogP contribution in [0, 0.1) is 0 Å². The van der Waals surface area contributed by atoms with Crippen molar-refractivity contribution >= 4 is 27.3 Å². The van der Waals surface area contributed by atoms with Gasteiger partial charge >= 0.3 is 0 Å². The van der Waals surface area contributed by atoms with Crippen molar-refractivity contribution in [2.24, 2.45) is 0 Å². The number of rotatable bonds is 13. The molecule has 0 bridgehead atoms. The van der Waals surface area contributed by atoms with Crippen LogP contribution in [0.3, 0.4) is 0 Å². The van der Waals surface area contributed by atoms with Crippen molar-refractivity contribution in [3.05, 3.63) is 78.4 Å². The van der Waals surface area contributed by atoms with Gasteiger partial charge in [-0.2, -0.15) is 0 Å². The van der Waals surface area contributed by atoms with Crippen LogP contribution in [0.25, 0.3) is 0 Å². The number of para-hydroxylation sites is 2. The molecule has 0 unspecified atom stereocenters. The van der Waals surface area contributed by atoms with Gasteiger partial charge in [-0.3, -0.25) is 9.52 Å². The van der Waals surface area contributed by atoms with Crippen LogP contribution in [-0.2, 0) is 14.8 Å². The molecule has 0 aromatic heterocycles. The Morgan fingerprint density at radius 3 is 2.29 bits per heavy atom. The van der Waals surface area contributed by atoms with Gasteiger partial charge in [-0.15, -0.1) is 0 Å². The first-order valence-corrected chi connectivity index (χ1v) is 12.9. The lowest BCUT2D eigenvalue weighted by atomic mass is 10.1. The molecule has 0 fully saturated rings. The number of hydrogen-bond donors (Lipinski definition) is 3. The van der Waals surface area contributed by atoms with Gasteiger partial charge in [0, 0.05) is 31.5 Å². The van der Waals surface area contributed by atoms with Crippen molar-refractivity contribution in [2.75, 3.05) is 36.8 Å². The van der Waals surface area contributed by atoms with Crippen LogP contribution >= 0.6 is 0 Å². The summed E-state index contributed by atoms with van der Waals surface area (Å²) in [4.78, 5) is 12.7. The molecule has 3 rings (SSSR count). The van der Waals surface area contributed by atoms with Crippen molar-refractivity contribution in [1.82, 2.24) is 5.32 Å². The molecule has 0 heterocycles. The summed E-state index contributed by atoms with van der Waals surface area (Å²) in [5, 5.41) is 6.00. The van der Waals surface area contributed by atoms with Gasteiger partial charge in [0.15, 0.2) is 5.75 Å². The number of hydrogen-bond acceptors (Lipinski definition) is 6. The third-order valence-electron chi connectivity index (χ3n) is 5.03. The molecule has 3 aromatic rings. The van der Waals surface area contributed by atoms with E-state index in [1.165, 1.54) is 13.2 Å². The Labute approximate surface area is 206 Å². The van der Waals surface area contributed by atoms with Gasteiger partial charge < -0.3 is 20.1 Å². The molecule has 9 heteroatoms. The third-order valence-corrected chi connectivity index (χ3v) is 6.42. The second-order valence-electron chi connectivity index (χ2n) is 7.77. The summed E-state index contributed by atoms with van der Waals surface area (Å²) in [6.45, 7) is 3.27. The molecule has 0 aliphatic rings. The second-order valence-corrected chi connectivity index (χ2v) is 9.42. The van der Waals surface area contributed by atoms with E-state index in [9.17, 15) is 13.2 Å². The summed E-state index contributed by atoms with van der Waals surface area (Å²) in [6.07, 6.45) is 1.80. The van der Waals surface area contributed by atoms with Crippen molar-refractivity contribution in [2.45, 2.75) is 24.7 Å². The molecule has 0 spiro atoms. The van der Waals surface area contributed by atoms with Gasteiger partial charge in [0.05, 0.1) is 12.3 Å². The second kappa shape index (κ2) is 12.8. The quantitative estimate of drug-likeness (QED) is 0.291. The average Bonchev–Trinajstić information content (AvgIpc) is 2.86.